The minimum Gasteiger partial charge on any atom is -0.481 e. The zero-order chi connectivity index (χ0) is 13.9. The Morgan fingerprint density at radius 2 is 2.00 bits per heavy atom. The Morgan fingerprint density at radius 1 is 1.20 bits per heavy atom. The number of hydrogen-bond acceptors (Lipinski definition) is 5. The highest BCUT2D eigenvalue weighted by molar-refractivity contribution is 7.13. The molecule has 0 spiro atoms. The van der Waals surface area contributed by atoms with Crippen molar-refractivity contribution < 1.29 is 13.5 Å². The van der Waals surface area contributed by atoms with Crippen LogP contribution in [0.1, 0.15) is 18.9 Å². The van der Waals surface area contributed by atoms with E-state index in [2.05, 4.69) is 10.2 Å². The predicted molar refractivity (Wildman–Crippen MR) is 73.1 cm³/mol. The van der Waals surface area contributed by atoms with Crippen LogP contribution < -0.4 is 4.74 Å². The topological polar surface area (TPSA) is 48.2 Å². The van der Waals surface area contributed by atoms with Gasteiger partial charge in [-0.15, -0.1) is 21.5 Å². The Morgan fingerprint density at radius 3 is 2.70 bits per heavy atom. The average Bonchev–Trinajstić information content (AvgIpc) is 3.11. The molecule has 20 heavy (non-hydrogen) atoms. The van der Waals surface area contributed by atoms with Crippen LogP contribution in [0.25, 0.3) is 10.8 Å². The largest absolute Gasteiger partial charge is 0.481 e. The molecule has 0 aliphatic heterocycles. The number of benzene rings is 1. The summed E-state index contributed by atoms with van der Waals surface area (Å²) in [4.78, 5) is 0.915. The summed E-state index contributed by atoms with van der Waals surface area (Å²) >= 11 is 1.53. The van der Waals surface area contributed by atoms with Gasteiger partial charge in [0.05, 0.1) is 4.88 Å². The van der Waals surface area contributed by atoms with Gasteiger partial charge in [0.25, 0.3) is 11.8 Å². The SMILES string of the molecule is CC(Oc1ccc(F)cc1)c1nnc(-c2cccs2)o1. The lowest BCUT2D eigenvalue weighted by molar-refractivity contribution is 0.189. The predicted octanol–water partition coefficient (Wildman–Crippen LogP) is 4.08. The molecular formula is C14H11FN2O2S. The van der Waals surface area contributed by atoms with E-state index in [-0.39, 0.29) is 5.82 Å². The lowest BCUT2D eigenvalue weighted by Crippen LogP contribution is -2.03. The van der Waals surface area contributed by atoms with Gasteiger partial charge in [-0.05, 0) is 42.6 Å². The fraction of sp³-hybridized carbons (Fsp3) is 0.143. The Kier molecular flexibility index (Phi) is 3.47. The molecule has 0 saturated heterocycles. The van der Waals surface area contributed by atoms with Gasteiger partial charge in [-0.25, -0.2) is 4.39 Å². The molecule has 3 aromatic rings. The highest BCUT2D eigenvalue weighted by Gasteiger charge is 2.17. The molecule has 0 amide bonds. The summed E-state index contributed by atoms with van der Waals surface area (Å²) in [7, 11) is 0. The molecule has 0 aliphatic carbocycles. The van der Waals surface area contributed by atoms with Gasteiger partial charge < -0.3 is 9.15 Å². The van der Waals surface area contributed by atoms with Crippen molar-refractivity contribution in [1.29, 1.82) is 0 Å². The molecule has 102 valence electrons. The van der Waals surface area contributed by atoms with E-state index in [1.54, 1.807) is 19.1 Å². The van der Waals surface area contributed by atoms with E-state index >= 15 is 0 Å². The molecule has 6 heteroatoms. The zero-order valence-corrected chi connectivity index (χ0v) is 11.4. The van der Waals surface area contributed by atoms with Crippen LogP contribution in [0.15, 0.2) is 46.2 Å². The van der Waals surface area contributed by atoms with E-state index in [1.165, 1.54) is 23.5 Å². The van der Waals surface area contributed by atoms with Crippen molar-refractivity contribution in [3.8, 4) is 16.5 Å². The maximum atomic E-state index is 12.8. The fourth-order valence-electron chi connectivity index (χ4n) is 1.67. The molecule has 0 fully saturated rings. The number of ether oxygens (including phenoxy) is 1. The zero-order valence-electron chi connectivity index (χ0n) is 10.6. The molecule has 3 rings (SSSR count). The molecule has 0 N–H and O–H groups in total. The first kappa shape index (κ1) is 12.8. The Balaban J connectivity index is 1.74. The lowest BCUT2D eigenvalue weighted by Gasteiger charge is -2.10. The lowest BCUT2D eigenvalue weighted by atomic mass is 10.3. The maximum Gasteiger partial charge on any atom is 0.257 e. The van der Waals surface area contributed by atoms with E-state index in [1.807, 2.05) is 17.5 Å². The van der Waals surface area contributed by atoms with E-state index in [9.17, 15) is 4.39 Å². The molecule has 1 aromatic carbocycles. The summed E-state index contributed by atoms with van der Waals surface area (Å²) in [6, 6.07) is 9.63. The first-order valence-corrected chi connectivity index (χ1v) is 6.90. The third-order valence-corrected chi connectivity index (χ3v) is 3.50. The van der Waals surface area contributed by atoms with E-state index in [4.69, 9.17) is 9.15 Å². The molecule has 4 nitrogen and oxygen atoms in total. The molecule has 0 bridgehead atoms. The summed E-state index contributed by atoms with van der Waals surface area (Å²) in [5.74, 6) is 1.11. The molecule has 1 unspecified atom stereocenters. The van der Waals surface area contributed by atoms with Crippen LogP contribution in [-0.4, -0.2) is 10.2 Å². The third-order valence-electron chi connectivity index (χ3n) is 2.65. The maximum absolute atomic E-state index is 12.8. The molecule has 0 radical (unpaired) electrons. The first-order chi connectivity index (χ1) is 9.72. The van der Waals surface area contributed by atoms with Crippen molar-refractivity contribution in [2.24, 2.45) is 0 Å². The fourth-order valence-corrected chi connectivity index (χ4v) is 2.31. The second kappa shape index (κ2) is 5.42. The second-order valence-electron chi connectivity index (χ2n) is 4.14. The summed E-state index contributed by atoms with van der Waals surface area (Å²) in [6.07, 6.45) is -0.401. The molecule has 2 heterocycles. The van der Waals surface area contributed by atoms with Crippen molar-refractivity contribution in [3.63, 3.8) is 0 Å². The van der Waals surface area contributed by atoms with Crippen LogP contribution >= 0.6 is 11.3 Å². The van der Waals surface area contributed by atoms with Gasteiger partial charge >= 0.3 is 0 Å². The first-order valence-electron chi connectivity index (χ1n) is 6.02. The molecular weight excluding hydrogens is 279 g/mol. The van der Waals surface area contributed by atoms with Gasteiger partial charge in [-0.3, -0.25) is 0 Å². The van der Waals surface area contributed by atoms with Gasteiger partial charge in [0.2, 0.25) is 0 Å². The minimum absolute atomic E-state index is 0.303. The molecule has 1 atom stereocenters. The average molecular weight is 290 g/mol. The van der Waals surface area contributed by atoms with Crippen LogP contribution in [0.2, 0.25) is 0 Å². The number of thiophene rings is 1. The monoisotopic (exact) mass is 290 g/mol. The summed E-state index contributed by atoms with van der Waals surface area (Å²) in [5.41, 5.74) is 0. The third kappa shape index (κ3) is 2.70. The summed E-state index contributed by atoms with van der Waals surface area (Å²) < 4.78 is 24.0. The quantitative estimate of drug-likeness (QED) is 0.726. The number of nitrogens with zero attached hydrogens (tertiary/aromatic N) is 2. The van der Waals surface area contributed by atoms with Crippen LogP contribution in [0.5, 0.6) is 5.75 Å². The highest BCUT2D eigenvalue weighted by Crippen LogP contribution is 2.26. The second-order valence-corrected chi connectivity index (χ2v) is 5.08. The van der Waals surface area contributed by atoms with Gasteiger partial charge in [0.15, 0.2) is 6.10 Å². The van der Waals surface area contributed by atoms with E-state index < -0.39 is 6.10 Å². The number of aromatic nitrogens is 2. The number of halogens is 1. The Bertz CT molecular complexity index is 680. The van der Waals surface area contributed by atoms with Crippen LogP contribution in [-0.2, 0) is 0 Å². The standard InChI is InChI=1S/C14H11FN2O2S/c1-9(18-11-6-4-10(15)5-7-11)13-16-17-14(19-13)12-3-2-8-20-12/h2-9H,1H3. The van der Waals surface area contributed by atoms with E-state index in [0.717, 1.165) is 4.88 Å². The van der Waals surface area contributed by atoms with Gasteiger partial charge in [0, 0.05) is 0 Å². The molecule has 0 saturated carbocycles. The Labute approximate surface area is 118 Å². The van der Waals surface area contributed by atoms with Crippen molar-refractivity contribution in [2.75, 3.05) is 0 Å². The minimum atomic E-state index is -0.401. The molecule has 2 aromatic heterocycles. The van der Waals surface area contributed by atoms with Crippen molar-refractivity contribution >= 4 is 11.3 Å². The van der Waals surface area contributed by atoms with Gasteiger partial charge in [0.1, 0.15) is 11.6 Å². The summed E-state index contributed by atoms with van der Waals surface area (Å²) in [5, 5.41) is 9.91. The smallest absolute Gasteiger partial charge is 0.257 e. The highest BCUT2D eigenvalue weighted by atomic mass is 32.1. The normalized spacial score (nSPS) is 12.3. The number of hydrogen-bond donors (Lipinski definition) is 0. The van der Waals surface area contributed by atoms with Crippen LogP contribution in [0.3, 0.4) is 0 Å². The van der Waals surface area contributed by atoms with Gasteiger partial charge in [-0.1, -0.05) is 6.07 Å². The van der Waals surface area contributed by atoms with Crippen molar-refractivity contribution in [2.45, 2.75) is 13.0 Å². The number of rotatable bonds is 4. The summed E-state index contributed by atoms with van der Waals surface area (Å²) in [6.45, 7) is 1.80. The molecule has 0 aliphatic rings. The van der Waals surface area contributed by atoms with Crippen LogP contribution in [0, 0.1) is 5.82 Å². The van der Waals surface area contributed by atoms with Crippen molar-refractivity contribution in [3.05, 3.63) is 53.5 Å². The van der Waals surface area contributed by atoms with E-state index in [0.29, 0.717) is 17.5 Å². The Hall–Kier alpha value is -2.21. The van der Waals surface area contributed by atoms with Crippen LogP contribution in [0.4, 0.5) is 4.39 Å². The van der Waals surface area contributed by atoms with Gasteiger partial charge in [-0.2, -0.15) is 0 Å². The van der Waals surface area contributed by atoms with Crippen molar-refractivity contribution in [1.82, 2.24) is 10.2 Å².